The summed E-state index contributed by atoms with van der Waals surface area (Å²) in [5.74, 6) is 1.96. The number of halogens is 1. The van der Waals surface area contributed by atoms with Gasteiger partial charge in [-0.3, -0.25) is 0 Å². The lowest BCUT2D eigenvalue weighted by Gasteiger charge is -2.14. The Morgan fingerprint density at radius 2 is 2.24 bits per heavy atom. The highest BCUT2D eigenvalue weighted by molar-refractivity contribution is 9.10. The van der Waals surface area contributed by atoms with Gasteiger partial charge in [-0.1, -0.05) is 15.9 Å². The van der Waals surface area contributed by atoms with Crippen molar-refractivity contribution in [3.8, 4) is 0 Å². The number of nitrogens with zero attached hydrogens (tertiary/aromatic N) is 2. The molecule has 1 aromatic heterocycles. The first-order chi connectivity index (χ1) is 8.20. The average Bonchev–Trinajstić information content (AvgIpc) is 2.30. The van der Waals surface area contributed by atoms with Crippen molar-refractivity contribution in [1.82, 2.24) is 9.97 Å². The molecule has 3 nitrogen and oxygen atoms in total. The summed E-state index contributed by atoms with van der Waals surface area (Å²) in [6.45, 7) is 2.16. The number of benzene rings is 1. The molecule has 17 heavy (non-hydrogen) atoms. The molecule has 1 atom stereocenters. The summed E-state index contributed by atoms with van der Waals surface area (Å²) in [7, 11) is 0. The molecule has 90 valence electrons. The zero-order chi connectivity index (χ0) is 12.3. The topological polar surface area (TPSA) is 37.8 Å². The lowest BCUT2D eigenvalue weighted by molar-refractivity contribution is 0.904. The van der Waals surface area contributed by atoms with Crippen molar-refractivity contribution < 1.29 is 0 Å². The third-order valence-corrected chi connectivity index (χ3v) is 3.72. The zero-order valence-corrected chi connectivity index (χ0v) is 12.2. The molecule has 0 amide bonds. The lowest BCUT2D eigenvalue weighted by atomic mass is 10.2. The van der Waals surface area contributed by atoms with Gasteiger partial charge in [-0.25, -0.2) is 9.97 Å². The van der Waals surface area contributed by atoms with Crippen LogP contribution in [-0.2, 0) is 0 Å². The number of thioether (sulfide) groups is 1. The number of hydrogen-bond acceptors (Lipinski definition) is 4. The van der Waals surface area contributed by atoms with E-state index in [4.69, 9.17) is 0 Å². The molecule has 0 saturated heterocycles. The quantitative estimate of drug-likeness (QED) is 0.937. The van der Waals surface area contributed by atoms with E-state index in [1.54, 1.807) is 6.33 Å². The first kappa shape index (κ1) is 12.6. The summed E-state index contributed by atoms with van der Waals surface area (Å²) >= 11 is 5.30. The van der Waals surface area contributed by atoms with E-state index in [-0.39, 0.29) is 0 Å². The van der Waals surface area contributed by atoms with E-state index in [1.165, 1.54) is 0 Å². The summed E-state index contributed by atoms with van der Waals surface area (Å²) in [6, 6.07) is 6.42. The summed E-state index contributed by atoms with van der Waals surface area (Å²) < 4.78 is 1.04. The standard InChI is InChI=1S/C12H14BrN3S/c1-8(6-17-2)16-12-10-5-9(13)3-4-11(10)14-7-15-12/h3-5,7-8H,6H2,1-2H3,(H,14,15,16). The van der Waals surface area contributed by atoms with Gasteiger partial charge in [0.15, 0.2) is 0 Å². The van der Waals surface area contributed by atoms with Crippen molar-refractivity contribution in [3.05, 3.63) is 29.0 Å². The molecule has 5 heteroatoms. The van der Waals surface area contributed by atoms with Crippen LogP contribution in [0.2, 0.25) is 0 Å². The van der Waals surface area contributed by atoms with Crippen LogP contribution in [0.1, 0.15) is 6.92 Å². The number of nitrogens with one attached hydrogen (secondary N) is 1. The smallest absolute Gasteiger partial charge is 0.137 e. The maximum Gasteiger partial charge on any atom is 0.137 e. The lowest BCUT2D eigenvalue weighted by Crippen LogP contribution is -2.18. The number of anilines is 1. The van der Waals surface area contributed by atoms with E-state index in [0.29, 0.717) is 6.04 Å². The molecule has 2 rings (SSSR count). The van der Waals surface area contributed by atoms with Crippen LogP contribution in [-0.4, -0.2) is 28.0 Å². The predicted octanol–water partition coefficient (Wildman–Crippen LogP) is 3.56. The molecule has 0 spiro atoms. The fraction of sp³-hybridized carbons (Fsp3) is 0.333. The minimum atomic E-state index is 0.391. The highest BCUT2D eigenvalue weighted by Crippen LogP contribution is 2.23. The number of rotatable bonds is 4. The van der Waals surface area contributed by atoms with Crippen molar-refractivity contribution in [2.45, 2.75) is 13.0 Å². The van der Waals surface area contributed by atoms with E-state index in [0.717, 1.165) is 26.9 Å². The first-order valence-electron chi connectivity index (χ1n) is 5.36. The van der Waals surface area contributed by atoms with Crippen LogP contribution in [0.3, 0.4) is 0 Å². The second-order valence-corrected chi connectivity index (χ2v) is 5.71. The highest BCUT2D eigenvalue weighted by atomic mass is 79.9. The Morgan fingerprint density at radius 1 is 1.41 bits per heavy atom. The summed E-state index contributed by atoms with van der Waals surface area (Å²) in [4.78, 5) is 8.58. The number of aromatic nitrogens is 2. The molecular formula is C12H14BrN3S. The van der Waals surface area contributed by atoms with Gasteiger partial charge in [0.1, 0.15) is 12.1 Å². The van der Waals surface area contributed by atoms with Gasteiger partial charge < -0.3 is 5.32 Å². The Hall–Kier alpha value is -0.810. The van der Waals surface area contributed by atoms with Crippen LogP contribution in [0.15, 0.2) is 29.0 Å². The summed E-state index contributed by atoms with van der Waals surface area (Å²) in [5.41, 5.74) is 0.960. The van der Waals surface area contributed by atoms with Crippen molar-refractivity contribution in [1.29, 1.82) is 0 Å². The Morgan fingerprint density at radius 3 is 3.00 bits per heavy atom. The summed E-state index contributed by atoms with van der Waals surface area (Å²) in [5, 5.41) is 4.47. The van der Waals surface area contributed by atoms with Gasteiger partial charge in [-0.15, -0.1) is 0 Å². The van der Waals surface area contributed by atoms with Gasteiger partial charge in [0.2, 0.25) is 0 Å². The molecular weight excluding hydrogens is 298 g/mol. The molecule has 1 N–H and O–H groups in total. The van der Waals surface area contributed by atoms with Crippen molar-refractivity contribution >= 4 is 44.4 Å². The third kappa shape index (κ3) is 3.10. The Labute approximate surface area is 114 Å². The van der Waals surface area contributed by atoms with Crippen LogP contribution < -0.4 is 5.32 Å². The fourth-order valence-corrected chi connectivity index (χ4v) is 2.61. The zero-order valence-electron chi connectivity index (χ0n) is 9.77. The van der Waals surface area contributed by atoms with E-state index in [2.05, 4.69) is 44.4 Å². The normalized spacial score (nSPS) is 12.6. The van der Waals surface area contributed by atoms with Crippen molar-refractivity contribution in [2.75, 3.05) is 17.3 Å². The van der Waals surface area contributed by atoms with Crippen LogP contribution >= 0.6 is 27.7 Å². The fourth-order valence-electron chi connectivity index (χ4n) is 1.67. The Kier molecular flexibility index (Phi) is 4.23. The van der Waals surface area contributed by atoms with Crippen molar-refractivity contribution in [2.24, 2.45) is 0 Å². The SMILES string of the molecule is CSCC(C)Nc1ncnc2ccc(Br)cc12. The van der Waals surface area contributed by atoms with Gasteiger partial charge in [-0.2, -0.15) is 11.8 Å². The number of hydrogen-bond donors (Lipinski definition) is 1. The molecule has 1 aromatic carbocycles. The molecule has 2 aromatic rings. The predicted molar refractivity (Wildman–Crippen MR) is 78.7 cm³/mol. The van der Waals surface area contributed by atoms with Crippen LogP contribution in [0.25, 0.3) is 10.9 Å². The maximum absolute atomic E-state index is 4.32. The summed E-state index contributed by atoms with van der Waals surface area (Å²) in [6.07, 6.45) is 3.71. The highest BCUT2D eigenvalue weighted by Gasteiger charge is 2.07. The second-order valence-electron chi connectivity index (χ2n) is 3.88. The minimum Gasteiger partial charge on any atom is -0.366 e. The van der Waals surface area contributed by atoms with Gasteiger partial charge in [-0.05, 0) is 31.4 Å². The first-order valence-corrected chi connectivity index (χ1v) is 7.55. The molecule has 0 bridgehead atoms. The average molecular weight is 312 g/mol. The van der Waals surface area contributed by atoms with Gasteiger partial charge >= 0.3 is 0 Å². The molecule has 0 aliphatic heterocycles. The molecule has 0 aliphatic carbocycles. The Bertz CT molecular complexity index is 518. The largest absolute Gasteiger partial charge is 0.366 e. The maximum atomic E-state index is 4.32. The van der Waals surface area contributed by atoms with Gasteiger partial charge in [0.05, 0.1) is 5.52 Å². The third-order valence-electron chi connectivity index (χ3n) is 2.40. The van der Waals surface area contributed by atoms with E-state index in [9.17, 15) is 0 Å². The molecule has 0 radical (unpaired) electrons. The van der Waals surface area contributed by atoms with E-state index in [1.807, 2.05) is 30.0 Å². The molecule has 1 unspecified atom stereocenters. The molecule has 0 fully saturated rings. The van der Waals surface area contributed by atoms with Gasteiger partial charge in [0, 0.05) is 21.7 Å². The number of fused-ring (bicyclic) bond motifs is 1. The van der Waals surface area contributed by atoms with Crippen LogP contribution in [0.5, 0.6) is 0 Å². The second kappa shape index (κ2) is 5.69. The van der Waals surface area contributed by atoms with E-state index >= 15 is 0 Å². The monoisotopic (exact) mass is 311 g/mol. The molecule has 1 heterocycles. The molecule has 0 saturated carbocycles. The molecule has 0 aliphatic rings. The van der Waals surface area contributed by atoms with Crippen LogP contribution in [0.4, 0.5) is 5.82 Å². The van der Waals surface area contributed by atoms with E-state index < -0.39 is 0 Å². The minimum absolute atomic E-state index is 0.391. The Balaban J connectivity index is 2.36. The van der Waals surface area contributed by atoms with Crippen LogP contribution in [0, 0.1) is 0 Å². The van der Waals surface area contributed by atoms with Gasteiger partial charge in [0.25, 0.3) is 0 Å². The van der Waals surface area contributed by atoms with Crippen molar-refractivity contribution in [3.63, 3.8) is 0 Å².